The molecule has 0 aliphatic carbocycles. The Morgan fingerprint density at radius 3 is 1.54 bits per heavy atom. The Morgan fingerprint density at radius 1 is 0.875 bits per heavy atom. The molecule has 0 fully saturated rings. The Bertz CT molecular complexity index is 370. The molecule has 0 saturated heterocycles. The normalized spacial score (nSPS) is 13.0. The molecule has 0 radical (unpaired) electrons. The first-order chi connectivity index (χ1) is 10.3. The Kier molecular flexibility index (Phi) is 19.1. The third-order valence-electron chi connectivity index (χ3n) is 2.65. The van der Waals surface area contributed by atoms with Gasteiger partial charge in [-0.15, -0.1) is 0 Å². The van der Waals surface area contributed by atoms with Gasteiger partial charge in [-0.1, -0.05) is 38.5 Å². The van der Waals surface area contributed by atoms with E-state index in [1.165, 1.54) is 0 Å². The first-order valence-electron chi connectivity index (χ1n) is 6.91. The smallest absolute Gasteiger partial charge is 0.418 e. The van der Waals surface area contributed by atoms with Gasteiger partial charge in [-0.25, -0.2) is 0 Å². The average molecular weight is 398 g/mol. The maximum Gasteiger partial charge on any atom is 1.00 e. The maximum atomic E-state index is 12.4. The SMILES string of the molecule is F[C-](F)C(F)CCCCCCCCCC(F)(F)F.O=S(=O)(O)O.[Na+]. The minimum Gasteiger partial charge on any atom is -0.418 e. The van der Waals surface area contributed by atoms with E-state index in [0.717, 1.165) is 12.8 Å². The van der Waals surface area contributed by atoms with Crippen LogP contribution in [0, 0.1) is 6.43 Å². The predicted octanol–water partition coefficient (Wildman–Crippen LogP) is 2.18. The van der Waals surface area contributed by atoms with Crippen molar-refractivity contribution in [3.05, 3.63) is 6.43 Å². The summed E-state index contributed by atoms with van der Waals surface area (Å²) in [5.74, 6) is 0. The van der Waals surface area contributed by atoms with Crippen molar-refractivity contribution in [2.75, 3.05) is 0 Å². The van der Waals surface area contributed by atoms with Gasteiger partial charge in [0.15, 0.2) is 0 Å². The van der Waals surface area contributed by atoms with Gasteiger partial charge in [0, 0.05) is 19.0 Å². The minimum atomic E-state index is -4.67. The summed E-state index contributed by atoms with van der Waals surface area (Å²) in [5.41, 5.74) is 0. The summed E-state index contributed by atoms with van der Waals surface area (Å²) < 4.78 is 103. The summed E-state index contributed by atoms with van der Waals surface area (Å²) in [6.45, 7) is 0. The third kappa shape index (κ3) is 33.9. The van der Waals surface area contributed by atoms with Crippen LogP contribution in [0.2, 0.25) is 0 Å². The topological polar surface area (TPSA) is 74.6 Å². The van der Waals surface area contributed by atoms with E-state index in [0.29, 0.717) is 25.7 Å². The molecule has 0 rings (SSSR count). The molecule has 1 unspecified atom stereocenters. The second kappa shape index (κ2) is 15.7. The number of alkyl halides is 4. The molecule has 0 saturated carbocycles. The summed E-state index contributed by atoms with van der Waals surface area (Å²) in [4.78, 5) is 0. The largest absolute Gasteiger partial charge is 1.00 e. The van der Waals surface area contributed by atoms with Crippen molar-refractivity contribution in [2.24, 2.45) is 0 Å². The standard InChI is InChI=1S/C12H19F6.Na.H2O4S/c13-10(11(14)15)8-6-4-2-1-3-5-7-9-12(16,17)18;;1-5(2,3)4/h10H,1-9H2;;(H2,1,2,3,4)/q-1;+1;. The minimum absolute atomic E-state index is 0. The molecule has 0 heterocycles. The zero-order chi connectivity index (χ0) is 18.5. The van der Waals surface area contributed by atoms with E-state index in [1.54, 1.807) is 0 Å². The van der Waals surface area contributed by atoms with E-state index in [1.807, 2.05) is 0 Å². The molecule has 2 N–H and O–H groups in total. The second-order valence-corrected chi connectivity index (χ2v) is 5.73. The van der Waals surface area contributed by atoms with Crippen molar-refractivity contribution < 1.29 is 73.4 Å². The number of halogens is 6. The van der Waals surface area contributed by atoms with Crippen molar-refractivity contribution in [2.45, 2.75) is 70.1 Å². The van der Waals surface area contributed by atoms with Crippen molar-refractivity contribution in [1.29, 1.82) is 0 Å². The van der Waals surface area contributed by atoms with E-state index in [-0.39, 0.29) is 42.4 Å². The predicted molar refractivity (Wildman–Crippen MR) is 72.1 cm³/mol. The molecule has 12 heteroatoms. The molecule has 0 aromatic heterocycles. The summed E-state index contributed by atoms with van der Waals surface area (Å²) in [6, 6.07) is 0. The average Bonchev–Trinajstić information content (AvgIpc) is 2.33. The van der Waals surface area contributed by atoms with Crippen LogP contribution in [-0.4, -0.2) is 29.9 Å². The Labute approximate surface area is 160 Å². The third-order valence-corrected chi connectivity index (χ3v) is 2.65. The summed E-state index contributed by atoms with van der Waals surface area (Å²) >= 11 is 0. The molecule has 0 aliphatic rings. The zero-order valence-electron chi connectivity index (χ0n) is 13.3. The van der Waals surface area contributed by atoms with Crippen LogP contribution in [-0.2, 0) is 10.4 Å². The van der Waals surface area contributed by atoms with Crippen LogP contribution in [0.3, 0.4) is 0 Å². The molecule has 142 valence electrons. The van der Waals surface area contributed by atoms with Gasteiger partial charge in [-0.3, -0.25) is 13.5 Å². The van der Waals surface area contributed by atoms with Crippen molar-refractivity contribution in [3.8, 4) is 0 Å². The van der Waals surface area contributed by atoms with E-state index in [2.05, 4.69) is 0 Å². The number of hydrogen-bond donors (Lipinski definition) is 2. The number of unbranched alkanes of at least 4 members (excludes halogenated alkanes) is 6. The second-order valence-electron chi connectivity index (χ2n) is 4.83. The Hall–Kier alpha value is 0.450. The molecule has 0 aliphatic heterocycles. The first kappa shape index (κ1) is 29.2. The maximum absolute atomic E-state index is 12.4. The van der Waals surface area contributed by atoms with Crippen LogP contribution in [0.1, 0.15) is 57.8 Å². The van der Waals surface area contributed by atoms with Gasteiger partial charge < -0.3 is 8.78 Å². The van der Waals surface area contributed by atoms with Crippen LogP contribution in [0.15, 0.2) is 0 Å². The van der Waals surface area contributed by atoms with Crippen molar-refractivity contribution in [1.82, 2.24) is 0 Å². The first-order valence-corrected chi connectivity index (χ1v) is 8.31. The van der Waals surface area contributed by atoms with E-state index < -0.39 is 35.6 Å². The zero-order valence-corrected chi connectivity index (χ0v) is 16.1. The Morgan fingerprint density at radius 2 is 1.21 bits per heavy atom. The fourth-order valence-corrected chi connectivity index (χ4v) is 1.64. The number of hydrogen-bond acceptors (Lipinski definition) is 2. The molecule has 1 atom stereocenters. The number of rotatable bonds is 10. The van der Waals surface area contributed by atoms with E-state index >= 15 is 0 Å². The fourth-order valence-electron chi connectivity index (χ4n) is 1.64. The van der Waals surface area contributed by atoms with Crippen LogP contribution in [0.5, 0.6) is 0 Å². The van der Waals surface area contributed by atoms with Crippen LogP contribution >= 0.6 is 0 Å². The molecule has 0 bridgehead atoms. The van der Waals surface area contributed by atoms with Gasteiger partial charge in [-0.2, -0.15) is 21.6 Å². The van der Waals surface area contributed by atoms with Gasteiger partial charge >= 0.3 is 46.1 Å². The van der Waals surface area contributed by atoms with Gasteiger partial charge in [0.1, 0.15) is 0 Å². The van der Waals surface area contributed by atoms with E-state index in [4.69, 9.17) is 17.5 Å². The molecular weight excluding hydrogens is 377 g/mol. The van der Waals surface area contributed by atoms with Gasteiger partial charge in [0.2, 0.25) is 0 Å². The molecular formula is C12H21F6NaO4S. The van der Waals surface area contributed by atoms with E-state index in [9.17, 15) is 26.3 Å². The van der Waals surface area contributed by atoms with Gasteiger partial charge in [0.05, 0.1) is 0 Å². The quantitative estimate of drug-likeness (QED) is 0.195. The summed E-state index contributed by atoms with van der Waals surface area (Å²) in [5, 5.41) is 0. The summed E-state index contributed by atoms with van der Waals surface area (Å²) in [7, 11) is -4.67. The molecule has 0 aromatic carbocycles. The molecule has 0 aromatic rings. The molecule has 0 amide bonds. The molecule has 0 spiro atoms. The van der Waals surface area contributed by atoms with Crippen LogP contribution in [0.25, 0.3) is 0 Å². The van der Waals surface area contributed by atoms with Crippen LogP contribution < -0.4 is 29.6 Å². The Balaban J connectivity index is -0.000000639. The molecule has 24 heavy (non-hydrogen) atoms. The van der Waals surface area contributed by atoms with Gasteiger partial charge in [0.25, 0.3) is 0 Å². The van der Waals surface area contributed by atoms with Crippen molar-refractivity contribution >= 4 is 10.4 Å². The molecule has 4 nitrogen and oxygen atoms in total. The monoisotopic (exact) mass is 398 g/mol. The van der Waals surface area contributed by atoms with Gasteiger partial charge in [-0.05, 0) is 12.8 Å². The van der Waals surface area contributed by atoms with Crippen LogP contribution in [0.4, 0.5) is 26.3 Å². The summed E-state index contributed by atoms with van der Waals surface area (Å²) in [6.07, 6.45) is -5.37. The fraction of sp³-hybridized carbons (Fsp3) is 0.917. The van der Waals surface area contributed by atoms with Crippen molar-refractivity contribution in [3.63, 3.8) is 0 Å².